The molecule has 6 rings (SSSR count). The van der Waals surface area contributed by atoms with E-state index in [1.807, 2.05) is 28.9 Å². The number of imide groups is 1. The van der Waals surface area contributed by atoms with Crippen LogP contribution in [0.25, 0.3) is 6.08 Å². The smallest absolute Gasteiger partial charge is 0.328 e. The largest absolute Gasteiger partial charge is 0.493 e. The van der Waals surface area contributed by atoms with Crippen LogP contribution >= 0.6 is 11.8 Å². The highest BCUT2D eigenvalue weighted by atomic mass is 32.2. The number of hydrogen-bond acceptors (Lipinski definition) is 13. The highest BCUT2D eigenvalue weighted by Crippen LogP contribution is 2.36. The van der Waals surface area contributed by atoms with E-state index in [0.29, 0.717) is 87.3 Å². The molecule has 0 atom stereocenters. The minimum atomic E-state index is -0.551. The number of hydrogen-bond donors (Lipinski definition) is 1. The number of morpholine rings is 2. The molecule has 3 fully saturated rings. The van der Waals surface area contributed by atoms with Crippen molar-refractivity contribution in [1.29, 1.82) is 0 Å². The second-order valence-electron chi connectivity index (χ2n) is 10.6. The molecular formula is C31H33N7O7S. The van der Waals surface area contributed by atoms with E-state index in [1.54, 1.807) is 36.4 Å². The van der Waals surface area contributed by atoms with Crippen LogP contribution in [-0.4, -0.2) is 103 Å². The zero-order chi connectivity index (χ0) is 32.0. The number of aryl methyl sites for hydroxylation is 1. The van der Waals surface area contributed by atoms with E-state index < -0.39 is 23.6 Å². The number of amides is 3. The van der Waals surface area contributed by atoms with E-state index in [2.05, 4.69) is 15.3 Å². The molecule has 240 valence electrons. The van der Waals surface area contributed by atoms with Crippen LogP contribution in [0.1, 0.15) is 11.1 Å². The van der Waals surface area contributed by atoms with Crippen molar-refractivity contribution in [3.63, 3.8) is 0 Å². The number of thioether (sulfide) groups is 1. The molecule has 14 nitrogen and oxygen atoms in total. The average molecular weight is 648 g/mol. The highest BCUT2D eigenvalue weighted by Gasteiger charge is 2.36. The first kappa shape index (κ1) is 31.3. The lowest BCUT2D eigenvalue weighted by Gasteiger charge is -2.30. The Bertz CT molecular complexity index is 1600. The summed E-state index contributed by atoms with van der Waals surface area (Å²) in [4.78, 5) is 57.3. The van der Waals surface area contributed by atoms with Crippen LogP contribution < -0.4 is 24.6 Å². The van der Waals surface area contributed by atoms with Crippen LogP contribution in [0.2, 0.25) is 0 Å². The number of carbonyl (C=O) groups is 3. The van der Waals surface area contributed by atoms with Crippen LogP contribution in [0.5, 0.6) is 17.5 Å². The minimum absolute atomic E-state index is 0.106. The van der Waals surface area contributed by atoms with Crippen LogP contribution in [-0.2, 0) is 19.1 Å². The Morgan fingerprint density at radius 1 is 0.913 bits per heavy atom. The van der Waals surface area contributed by atoms with E-state index >= 15 is 0 Å². The lowest BCUT2D eigenvalue weighted by Crippen LogP contribution is -2.40. The first-order valence-corrected chi connectivity index (χ1v) is 15.6. The van der Waals surface area contributed by atoms with Gasteiger partial charge in [-0.25, -0.2) is 0 Å². The molecule has 15 heteroatoms. The molecule has 1 aromatic heterocycles. The van der Waals surface area contributed by atoms with Crippen molar-refractivity contribution in [1.82, 2.24) is 19.9 Å². The van der Waals surface area contributed by atoms with E-state index in [0.717, 1.165) is 22.2 Å². The minimum Gasteiger partial charge on any atom is -0.493 e. The third-order valence-corrected chi connectivity index (χ3v) is 8.28. The summed E-state index contributed by atoms with van der Waals surface area (Å²) in [6, 6.07) is 12.4. The SMILES string of the molecule is COc1cc(/C=C2\SC(=O)N(CC(=O)Nc3ccc(C)cc3)C2=O)ccc1Oc1nc(N2CCOCC2)nc(N2CCOCC2)n1. The number of anilines is 3. The summed E-state index contributed by atoms with van der Waals surface area (Å²) in [5, 5.41) is 2.19. The lowest BCUT2D eigenvalue weighted by atomic mass is 10.2. The van der Waals surface area contributed by atoms with Crippen molar-refractivity contribution in [2.45, 2.75) is 6.92 Å². The Morgan fingerprint density at radius 3 is 2.15 bits per heavy atom. The Labute approximate surface area is 269 Å². The highest BCUT2D eigenvalue weighted by molar-refractivity contribution is 8.18. The number of aromatic nitrogens is 3. The topological polar surface area (TPSA) is 149 Å². The predicted octanol–water partition coefficient (Wildman–Crippen LogP) is 3.33. The maximum Gasteiger partial charge on any atom is 0.328 e. The number of rotatable bonds is 9. The van der Waals surface area contributed by atoms with Gasteiger partial charge in [-0.3, -0.25) is 19.3 Å². The van der Waals surface area contributed by atoms with Gasteiger partial charge in [0.25, 0.3) is 11.1 Å². The van der Waals surface area contributed by atoms with Gasteiger partial charge in [0.1, 0.15) is 6.54 Å². The van der Waals surface area contributed by atoms with Crippen molar-refractivity contribution in [2.24, 2.45) is 0 Å². The fourth-order valence-electron chi connectivity index (χ4n) is 4.92. The molecule has 3 aliphatic heterocycles. The molecule has 0 saturated carbocycles. The first-order chi connectivity index (χ1) is 22.4. The molecule has 4 heterocycles. The average Bonchev–Trinajstić information content (AvgIpc) is 3.34. The van der Waals surface area contributed by atoms with Gasteiger partial charge in [0.15, 0.2) is 11.5 Å². The molecule has 3 aromatic rings. The number of benzene rings is 2. The Hall–Kier alpha value is -4.73. The Kier molecular flexibility index (Phi) is 9.61. The van der Waals surface area contributed by atoms with Gasteiger partial charge in [-0.1, -0.05) is 23.8 Å². The maximum atomic E-state index is 13.1. The second kappa shape index (κ2) is 14.1. The fraction of sp³-hybridized carbons (Fsp3) is 0.355. The van der Waals surface area contributed by atoms with Crippen molar-refractivity contribution in [2.75, 3.05) is 81.4 Å². The molecular weight excluding hydrogens is 614 g/mol. The number of nitrogens with zero attached hydrogens (tertiary/aromatic N) is 6. The summed E-state index contributed by atoms with van der Waals surface area (Å²) in [5.74, 6) is 0.689. The van der Waals surface area contributed by atoms with E-state index in [-0.39, 0.29) is 10.9 Å². The number of ether oxygens (including phenoxy) is 4. The molecule has 0 spiro atoms. The summed E-state index contributed by atoms with van der Waals surface area (Å²) in [6.07, 6.45) is 1.57. The molecule has 0 aliphatic carbocycles. The molecule has 0 bridgehead atoms. The van der Waals surface area contributed by atoms with E-state index in [9.17, 15) is 14.4 Å². The van der Waals surface area contributed by atoms with Crippen molar-refractivity contribution in [3.8, 4) is 17.5 Å². The van der Waals surface area contributed by atoms with Crippen LogP contribution in [0, 0.1) is 6.92 Å². The fourth-order valence-corrected chi connectivity index (χ4v) is 5.75. The number of methoxy groups -OCH3 is 1. The number of carbonyl (C=O) groups excluding carboxylic acids is 3. The van der Waals surface area contributed by atoms with Gasteiger partial charge in [0.2, 0.25) is 17.8 Å². The summed E-state index contributed by atoms with van der Waals surface area (Å²) >= 11 is 0.770. The van der Waals surface area contributed by atoms with Gasteiger partial charge in [0.05, 0.1) is 38.4 Å². The van der Waals surface area contributed by atoms with E-state index in [4.69, 9.17) is 23.9 Å². The molecule has 46 heavy (non-hydrogen) atoms. The lowest BCUT2D eigenvalue weighted by molar-refractivity contribution is -0.127. The van der Waals surface area contributed by atoms with Gasteiger partial charge in [-0.05, 0) is 54.6 Å². The molecule has 3 amide bonds. The third kappa shape index (κ3) is 7.38. The summed E-state index contributed by atoms with van der Waals surface area (Å²) in [6.45, 7) is 6.42. The maximum absolute atomic E-state index is 13.1. The van der Waals surface area contributed by atoms with Crippen LogP contribution in [0.4, 0.5) is 22.4 Å². The van der Waals surface area contributed by atoms with Gasteiger partial charge in [-0.2, -0.15) is 15.0 Å². The predicted molar refractivity (Wildman–Crippen MR) is 171 cm³/mol. The third-order valence-electron chi connectivity index (χ3n) is 7.38. The standard InChI is InChI=1S/C31H33N7O7S/c1-20-3-6-22(7-4-20)32-26(39)19-38-27(40)25(46-31(38)41)18-21-5-8-23(24(17-21)42-2)45-30-34-28(36-9-13-43-14-10-36)33-29(35-30)37-11-15-44-16-12-37/h3-8,17-18H,9-16,19H2,1-2H3,(H,32,39)/b25-18-. The monoisotopic (exact) mass is 647 g/mol. The van der Waals surface area contributed by atoms with Crippen molar-refractivity contribution >= 4 is 52.5 Å². The molecule has 3 aliphatic rings. The van der Waals surface area contributed by atoms with Crippen LogP contribution in [0.15, 0.2) is 47.4 Å². The zero-order valence-corrected chi connectivity index (χ0v) is 26.2. The van der Waals surface area contributed by atoms with Crippen LogP contribution in [0.3, 0.4) is 0 Å². The van der Waals surface area contributed by atoms with Crippen molar-refractivity contribution < 1.29 is 33.3 Å². The molecule has 0 unspecified atom stereocenters. The quantitative estimate of drug-likeness (QED) is 0.339. The second-order valence-corrected chi connectivity index (χ2v) is 11.6. The summed E-state index contributed by atoms with van der Waals surface area (Å²) in [5.41, 5.74) is 2.23. The Balaban J connectivity index is 1.18. The van der Waals surface area contributed by atoms with E-state index in [1.165, 1.54) is 7.11 Å². The van der Waals surface area contributed by atoms with Gasteiger partial charge >= 0.3 is 6.01 Å². The zero-order valence-electron chi connectivity index (χ0n) is 25.4. The first-order valence-electron chi connectivity index (χ1n) is 14.8. The summed E-state index contributed by atoms with van der Waals surface area (Å²) < 4.78 is 22.7. The molecule has 2 aromatic carbocycles. The van der Waals surface area contributed by atoms with Gasteiger partial charge in [-0.15, -0.1) is 0 Å². The molecule has 0 radical (unpaired) electrons. The van der Waals surface area contributed by atoms with Gasteiger partial charge in [0, 0.05) is 31.9 Å². The Morgan fingerprint density at radius 2 is 1.54 bits per heavy atom. The van der Waals surface area contributed by atoms with Crippen molar-refractivity contribution in [3.05, 3.63) is 58.5 Å². The van der Waals surface area contributed by atoms with Gasteiger partial charge < -0.3 is 34.1 Å². The molecule has 3 saturated heterocycles. The normalized spacial score (nSPS) is 17.9. The molecule has 1 N–H and O–H groups in total. The summed E-state index contributed by atoms with van der Waals surface area (Å²) in [7, 11) is 1.50. The number of nitrogens with one attached hydrogen (secondary N) is 1.